The minimum Gasteiger partial charge on any atom is -0.493 e. The molecule has 1 aliphatic heterocycles. The van der Waals surface area contributed by atoms with E-state index in [-0.39, 0.29) is 35.2 Å². The second-order valence-corrected chi connectivity index (χ2v) is 10.3. The van der Waals surface area contributed by atoms with Crippen LogP contribution >= 0.6 is 0 Å². The smallest absolute Gasteiger partial charge is 0.276 e. The predicted octanol–water partition coefficient (Wildman–Crippen LogP) is 3.39. The average Bonchev–Trinajstić information content (AvgIpc) is 2.82. The molecule has 0 aliphatic carbocycles. The average molecular weight is 519 g/mol. The van der Waals surface area contributed by atoms with E-state index in [1.807, 2.05) is 23.6 Å². The van der Waals surface area contributed by atoms with Gasteiger partial charge in [0.2, 0.25) is 0 Å². The van der Waals surface area contributed by atoms with E-state index in [0.29, 0.717) is 22.6 Å². The highest BCUT2D eigenvalue weighted by Gasteiger charge is 2.29. The normalized spacial score (nSPS) is 18.2. The van der Waals surface area contributed by atoms with Crippen LogP contribution in [-0.4, -0.2) is 56.2 Å². The fraction of sp³-hybridized carbons (Fsp3) is 0.417. The van der Waals surface area contributed by atoms with Gasteiger partial charge in [0, 0.05) is 23.7 Å². The molecule has 0 aromatic heterocycles. The molecule has 1 fully saturated rings. The summed E-state index contributed by atoms with van der Waals surface area (Å²) >= 11 is 0. The molecule has 1 heterocycles. The first-order chi connectivity index (χ1) is 17.0. The molecule has 0 saturated carbocycles. The SMILES string of the molecule is COc1cc(/C=N\NS(=O)(=O)c2ccc(C)c([N+](=O)[O-])c2)ccc1OCC(=O)N1[C@@H](C)CCC[C@@H]1C. The Balaban J connectivity index is 1.66. The van der Waals surface area contributed by atoms with Gasteiger partial charge in [-0.2, -0.15) is 13.5 Å². The van der Waals surface area contributed by atoms with Crippen LogP contribution in [0, 0.1) is 17.0 Å². The number of likely N-dealkylation sites (tertiary alicyclic amines) is 1. The molecule has 12 heteroatoms. The standard InChI is InChI=1S/C24H30N4O7S/c1-16-8-10-20(13-21(16)28(30)31)36(32,33)26-25-14-19-9-11-22(23(12-19)34-4)35-15-24(29)27-17(2)6-5-7-18(27)3/h8-14,17-18,26H,5-7,15H2,1-4H3/b25-14-/t17-,18-/m0/s1. The van der Waals surface area contributed by atoms with Crippen molar-refractivity contribution in [2.45, 2.75) is 57.0 Å². The van der Waals surface area contributed by atoms with Crippen LogP contribution in [-0.2, 0) is 14.8 Å². The Morgan fingerprint density at radius 3 is 2.53 bits per heavy atom. The first-order valence-electron chi connectivity index (χ1n) is 11.5. The number of nitro benzene ring substituents is 1. The van der Waals surface area contributed by atoms with E-state index in [4.69, 9.17) is 9.47 Å². The van der Waals surface area contributed by atoms with E-state index in [1.165, 1.54) is 32.4 Å². The molecule has 194 valence electrons. The first kappa shape index (κ1) is 26.9. The summed E-state index contributed by atoms with van der Waals surface area (Å²) < 4.78 is 36.0. The number of benzene rings is 2. The molecule has 3 rings (SSSR count). The van der Waals surface area contributed by atoms with Crippen LogP contribution in [0.4, 0.5) is 5.69 Å². The van der Waals surface area contributed by atoms with Crippen molar-refractivity contribution < 1.29 is 27.6 Å². The van der Waals surface area contributed by atoms with Gasteiger partial charge in [-0.05, 0) is 69.9 Å². The van der Waals surface area contributed by atoms with E-state index in [0.717, 1.165) is 25.3 Å². The largest absolute Gasteiger partial charge is 0.493 e. The number of carbonyl (C=O) groups excluding carboxylic acids is 1. The quantitative estimate of drug-likeness (QED) is 0.305. The fourth-order valence-corrected chi connectivity index (χ4v) is 5.00. The van der Waals surface area contributed by atoms with Gasteiger partial charge in [-0.25, -0.2) is 4.83 Å². The molecule has 2 atom stereocenters. The van der Waals surface area contributed by atoms with Crippen LogP contribution in [0.25, 0.3) is 0 Å². The Labute approximate surface area is 210 Å². The van der Waals surface area contributed by atoms with Gasteiger partial charge in [-0.15, -0.1) is 0 Å². The van der Waals surface area contributed by atoms with Gasteiger partial charge in [0.25, 0.3) is 21.6 Å². The van der Waals surface area contributed by atoms with Gasteiger partial charge in [-0.3, -0.25) is 14.9 Å². The zero-order valence-electron chi connectivity index (χ0n) is 20.6. The minimum atomic E-state index is -4.12. The maximum Gasteiger partial charge on any atom is 0.276 e. The summed E-state index contributed by atoms with van der Waals surface area (Å²) in [5.74, 6) is 0.629. The second kappa shape index (κ2) is 11.4. The number of hydrogen-bond donors (Lipinski definition) is 1. The molecule has 1 N–H and O–H groups in total. The van der Waals surface area contributed by atoms with E-state index in [9.17, 15) is 23.3 Å². The van der Waals surface area contributed by atoms with Gasteiger partial charge < -0.3 is 14.4 Å². The highest BCUT2D eigenvalue weighted by Crippen LogP contribution is 2.29. The third-order valence-corrected chi connectivity index (χ3v) is 7.31. The van der Waals surface area contributed by atoms with Crippen LogP contribution in [0.15, 0.2) is 46.4 Å². The van der Waals surface area contributed by atoms with Crippen LogP contribution in [0.1, 0.15) is 44.2 Å². The van der Waals surface area contributed by atoms with Gasteiger partial charge in [0.1, 0.15) is 0 Å². The summed E-state index contributed by atoms with van der Waals surface area (Å²) in [7, 11) is -2.66. The number of hydrazone groups is 1. The molecular weight excluding hydrogens is 488 g/mol. The molecule has 2 aromatic carbocycles. The molecule has 1 aliphatic rings. The highest BCUT2D eigenvalue weighted by atomic mass is 32.2. The fourth-order valence-electron chi connectivity index (χ4n) is 4.19. The Bertz CT molecular complexity index is 1250. The second-order valence-electron chi connectivity index (χ2n) is 8.69. The maximum atomic E-state index is 12.7. The number of carbonyl (C=O) groups is 1. The molecule has 0 spiro atoms. The van der Waals surface area contributed by atoms with E-state index in [1.54, 1.807) is 18.2 Å². The van der Waals surface area contributed by atoms with Crippen molar-refractivity contribution in [1.29, 1.82) is 0 Å². The summed E-state index contributed by atoms with van der Waals surface area (Å²) in [6.45, 7) is 5.47. The number of rotatable bonds is 9. The van der Waals surface area contributed by atoms with Gasteiger partial charge >= 0.3 is 0 Å². The molecule has 2 aromatic rings. The lowest BCUT2D eigenvalue weighted by Gasteiger charge is -2.39. The number of aryl methyl sites for hydroxylation is 1. The Morgan fingerprint density at radius 1 is 1.19 bits per heavy atom. The third kappa shape index (κ3) is 6.30. The van der Waals surface area contributed by atoms with Crippen molar-refractivity contribution in [1.82, 2.24) is 9.73 Å². The number of amides is 1. The molecule has 36 heavy (non-hydrogen) atoms. The lowest BCUT2D eigenvalue weighted by molar-refractivity contribution is -0.385. The van der Waals surface area contributed by atoms with Crippen LogP contribution < -0.4 is 14.3 Å². The van der Waals surface area contributed by atoms with Gasteiger partial charge in [0.15, 0.2) is 18.1 Å². The summed E-state index contributed by atoms with van der Waals surface area (Å²) in [4.78, 5) is 26.8. The Hall–Kier alpha value is -3.67. The minimum absolute atomic E-state index is 0.0897. The van der Waals surface area contributed by atoms with Crippen molar-refractivity contribution in [3.8, 4) is 11.5 Å². The van der Waals surface area contributed by atoms with E-state index < -0.39 is 14.9 Å². The van der Waals surface area contributed by atoms with Crippen LogP contribution in [0.2, 0.25) is 0 Å². The number of hydrogen-bond acceptors (Lipinski definition) is 8. The number of ether oxygens (including phenoxy) is 2. The number of methoxy groups -OCH3 is 1. The predicted molar refractivity (Wildman–Crippen MR) is 134 cm³/mol. The van der Waals surface area contributed by atoms with Crippen molar-refractivity contribution in [2.75, 3.05) is 13.7 Å². The molecule has 1 saturated heterocycles. The lowest BCUT2D eigenvalue weighted by atomic mass is 9.97. The monoisotopic (exact) mass is 518 g/mol. The molecule has 0 bridgehead atoms. The Kier molecular flexibility index (Phi) is 8.51. The molecule has 0 unspecified atom stereocenters. The van der Waals surface area contributed by atoms with Gasteiger partial charge in [-0.1, -0.05) is 6.07 Å². The lowest BCUT2D eigenvalue weighted by Crippen LogP contribution is -2.49. The number of nitrogens with zero attached hydrogens (tertiary/aromatic N) is 3. The Morgan fingerprint density at radius 2 is 1.89 bits per heavy atom. The molecule has 1 amide bonds. The van der Waals surface area contributed by atoms with Crippen LogP contribution in [0.3, 0.4) is 0 Å². The molecular formula is C24H30N4O7S. The third-order valence-electron chi connectivity index (χ3n) is 6.09. The maximum absolute atomic E-state index is 12.7. The molecule has 0 radical (unpaired) electrons. The topological polar surface area (TPSA) is 140 Å². The zero-order valence-corrected chi connectivity index (χ0v) is 21.4. The first-order valence-corrected chi connectivity index (χ1v) is 12.9. The number of nitro groups is 1. The summed E-state index contributed by atoms with van der Waals surface area (Å²) in [6, 6.07) is 8.76. The molecule has 11 nitrogen and oxygen atoms in total. The highest BCUT2D eigenvalue weighted by molar-refractivity contribution is 7.89. The van der Waals surface area contributed by atoms with E-state index in [2.05, 4.69) is 5.10 Å². The van der Waals surface area contributed by atoms with Crippen molar-refractivity contribution >= 4 is 27.8 Å². The summed E-state index contributed by atoms with van der Waals surface area (Å²) in [6.07, 6.45) is 4.30. The van der Waals surface area contributed by atoms with Gasteiger partial charge in [0.05, 0.1) is 23.1 Å². The van der Waals surface area contributed by atoms with Crippen molar-refractivity contribution in [3.63, 3.8) is 0 Å². The number of piperidine rings is 1. The summed E-state index contributed by atoms with van der Waals surface area (Å²) in [5.41, 5.74) is 0.546. The van der Waals surface area contributed by atoms with E-state index >= 15 is 0 Å². The zero-order chi connectivity index (χ0) is 26.5. The van der Waals surface area contributed by atoms with Crippen molar-refractivity contribution in [3.05, 3.63) is 57.6 Å². The number of sulfonamides is 1. The summed E-state index contributed by atoms with van der Waals surface area (Å²) in [5, 5.41) is 14.9. The van der Waals surface area contributed by atoms with Crippen molar-refractivity contribution in [2.24, 2.45) is 5.10 Å². The van der Waals surface area contributed by atoms with Crippen LogP contribution in [0.5, 0.6) is 11.5 Å². The number of nitrogens with one attached hydrogen (secondary N) is 1.